The summed E-state index contributed by atoms with van der Waals surface area (Å²) in [6.07, 6.45) is 1.96. The first-order valence-corrected chi connectivity index (χ1v) is 8.37. The standard InChI is InChI=1S/C12H13F2N3O2S2/c1-2-9(12-16-3-4-20-12)17-21(18,19)10-6-7(15)5-8(13)11(10)14/h3-6,9,17H,2,15H2,1H3. The van der Waals surface area contributed by atoms with E-state index in [0.29, 0.717) is 11.4 Å². The van der Waals surface area contributed by atoms with Crippen molar-refractivity contribution in [3.63, 3.8) is 0 Å². The lowest BCUT2D eigenvalue weighted by atomic mass is 10.3. The van der Waals surface area contributed by atoms with E-state index in [0.717, 1.165) is 12.1 Å². The second-order valence-corrected chi connectivity index (χ2v) is 6.88. The van der Waals surface area contributed by atoms with Crippen molar-refractivity contribution in [2.75, 3.05) is 5.73 Å². The molecule has 21 heavy (non-hydrogen) atoms. The number of rotatable bonds is 5. The summed E-state index contributed by atoms with van der Waals surface area (Å²) in [5.41, 5.74) is 5.20. The summed E-state index contributed by atoms with van der Waals surface area (Å²) in [5.74, 6) is -2.76. The summed E-state index contributed by atoms with van der Waals surface area (Å²) >= 11 is 1.27. The summed E-state index contributed by atoms with van der Waals surface area (Å²) < 4.78 is 53.8. The van der Waals surface area contributed by atoms with E-state index in [4.69, 9.17) is 5.73 Å². The third kappa shape index (κ3) is 3.36. The molecule has 3 N–H and O–H groups in total. The number of nitrogens with two attached hydrogens (primary N) is 1. The van der Waals surface area contributed by atoms with E-state index >= 15 is 0 Å². The fourth-order valence-electron chi connectivity index (χ4n) is 1.75. The molecule has 0 amide bonds. The van der Waals surface area contributed by atoms with Gasteiger partial charge in [-0.1, -0.05) is 6.92 Å². The third-order valence-corrected chi connectivity index (χ3v) is 5.12. The smallest absolute Gasteiger partial charge is 0.244 e. The largest absolute Gasteiger partial charge is 0.399 e. The van der Waals surface area contributed by atoms with Gasteiger partial charge in [0.1, 0.15) is 9.90 Å². The number of anilines is 1. The lowest BCUT2D eigenvalue weighted by Crippen LogP contribution is -2.29. The third-order valence-electron chi connectivity index (χ3n) is 2.76. The van der Waals surface area contributed by atoms with Crippen LogP contribution in [0.25, 0.3) is 0 Å². The number of hydrogen-bond donors (Lipinski definition) is 2. The molecule has 0 bridgehead atoms. The SMILES string of the molecule is CCC(NS(=O)(=O)c1cc(N)cc(F)c1F)c1nccs1. The number of nitrogen functional groups attached to an aromatic ring is 1. The summed E-state index contributed by atoms with van der Waals surface area (Å²) in [4.78, 5) is 3.21. The van der Waals surface area contributed by atoms with Gasteiger partial charge in [-0.3, -0.25) is 0 Å². The van der Waals surface area contributed by atoms with Crippen LogP contribution in [-0.4, -0.2) is 13.4 Å². The first-order chi connectivity index (χ1) is 9.85. The van der Waals surface area contributed by atoms with Gasteiger partial charge in [0, 0.05) is 17.3 Å². The summed E-state index contributed by atoms with van der Waals surface area (Å²) in [6, 6.07) is 1.00. The molecule has 2 rings (SSSR count). The second-order valence-electron chi connectivity index (χ2n) is 4.27. The number of halogens is 2. The van der Waals surface area contributed by atoms with E-state index in [1.54, 1.807) is 12.3 Å². The van der Waals surface area contributed by atoms with Crippen LogP contribution in [0.5, 0.6) is 0 Å². The normalized spacial score (nSPS) is 13.3. The van der Waals surface area contributed by atoms with Gasteiger partial charge in [-0.2, -0.15) is 0 Å². The van der Waals surface area contributed by atoms with Crippen LogP contribution in [0.15, 0.2) is 28.6 Å². The lowest BCUT2D eigenvalue weighted by Gasteiger charge is -2.15. The molecule has 0 aliphatic heterocycles. The van der Waals surface area contributed by atoms with Gasteiger partial charge < -0.3 is 5.73 Å². The first kappa shape index (κ1) is 15.8. The zero-order chi connectivity index (χ0) is 15.6. The van der Waals surface area contributed by atoms with Gasteiger partial charge in [-0.25, -0.2) is 26.9 Å². The maximum atomic E-state index is 13.7. The quantitative estimate of drug-likeness (QED) is 0.823. The van der Waals surface area contributed by atoms with E-state index in [-0.39, 0.29) is 5.69 Å². The molecule has 1 aromatic heterocycles. The number of hydrogen-bond acceptors (Lipinski definition) is 5. The Hall–Kier alpha value is -1.58. The molecule has 0 spiro atoms. The maximum Gasteiger partial charge on any atom is 0.244 e. The van der Waals surface area contributed by atoms with Crippen molar-refractivity contribution < 1.29 is 17.2 Å². The predicted octanol–water partition coefficient (Wildman–Crippen LogP) is 2.43. The Morgan fingerprint density at radius 2 is 2.14 bits per heavy atom. The Kier molecular flexibility index (Phi) is 4.55. The Morgan fingerprint density at radius 3 is 2.71 bits per heavy atom. The van der Waals surface area contributed by atoms with Crippen molar-refractivity contribution >= 4 is 27.0 Å². The van der Waals surface area contributed by atoms with Crippen LogP contribution in [0.1, 0.15) is 24.4 Å². The van der Waals surface area contributed by atoms with Crippen LogP contribution in [0, 0.1) is 11.6 Å². The molecule has 2 aromatic rings. The number of nitrogens with zero attached hydrogens (tertiary/aromatic N) is 1. The summed E-state index contributed by atoms with van der Waals surface area (Å²) in [6.45, 7) is 1.75. The maximum absolute atomic E-state index is 13.7. The van der Waals surface area contributed by atoms with Crippen molar-refractivity contribution in [1.82, 2.24) is 9.71 Å². The molecular formula is C12H13F2N3O2S2. The minimum atomic E-state index is -4.25. The average Bonchev–Trinajstić information content (AvgIpc) is 2.94. The Bertz CT molecular complexity index is 733. The Balaban J connectivity index is 2.39. The van der Waals surface area contributed by atoms with Crippen LogP contribution in [0.4, 0.5) is 14.5 Å². The van der Waals surface area contributed by atoms with E-state index in [1.165, 1.54) is 17.5 Å². The molecule has 0 aliphatic carbocycles. The summed E-state index contributed by atoms with van der Waals surface area (Å²) in [7, 11) is -4.25. The molecule has 0 radical (unpaired) electrons. The van der Waals surface area contributed by atoms with Gasteiger partial charge in [-0.15, -0.1) is 11.3 Å². The van der Waals surface area contributed by atoms with Gasteiger partial charge in [0.15, 0.2) is 11.6 Å². The zero-order valence-corrected chi connectivity index (χ0v) is 12.6. The Morgan fingerprint density at radius 1 is 1.43 bits per heavy atom. The lowest BCUT2D eigenvalue weighted by molar-refractivity contribution is 0.480. The molecule has 5 nitrogen and oxygen atoms in total. The van der Waals surface area contributed by atoms with Crippen molar-refractivity contribution in [1.29, 1.82) is 0 Å². The van der Waals surface area contributed by atoms with Crippen molar-refractivity contribution in [2.45, 2.75) is 24.3 Å². The van der Waals surface area contributed by atoms with E-state index in [1.807, 2.05) is 0 Å². The van der Waals surface area contributed by atoms with Crippen LogP contribution in [0.2, 0.25) is 0 Å². The van der Waals surface area contributed by atoms with Gasteiger partial charge >= 0.3 is 0 Å². The highest BCUT2D eigenvalue weighted by Gasteiger charge is 2.26. The number of sulfonamides is 1. The van der Waals surface area contributed by atoms with Crippen LogP contribution in [0.3, 0.4) is 0 Å². The Labute approximate surface area is 124 Å². The fourth-order valence-corrected chi connectivity index (χ4v) is 4.00. The average molecular weight is 333 g/mol. The number of nitrogens with one attached hydrogen (secondary N) is 1. The first-order valence-electron chi connectivity index (χ1n) is 6.01. The molecule has 1 heterocycles. The van der Waals surface area contributed by atoms with Crippen molar-refractivity contribution in [3.8, 4) is 0 Å². The number of thiazole rings is 1. The molecule has 0 aliphatic rings. The van der Waals surface area contributed by atoms with Crippen LogP contribution >= 0.6 is 11.3 Å². The van der Waals surface area contributed by atoms with Crippen LogP contribution < -0.4 is 10.5 Å². The molecule has 0 fully saturated rings. The highest BCUT2D eigenvalue weighted by atomic mass is 32.2. The highest BCUT2D eigenvalue weighted by Crippen LogP contribution is 2.25. The van der Waals surface area contributed by atoms with Gasteiger partial charge in [0.2, 0.25) is 10.0 Å². The molecule has 0 saturated carbocycles. The molecule has 9 heteroatoms. The minimum absolute atomic E-state index is 0.170. The van der Waals surface area contributed by atoms with Crippen molar-refractivity contribution in [3.05, 3.63) is 40.4 Å². The molecule has 1 aromatic carbocycles. The van der Waals surface area contributed by atoms with E-state index in [9.17, 15) is 17.2 Å². The second kappa shape index (κ2) is 6.04. The van der Waals surface area contributed by atoms with Crippen molar-refractivity contribution in [2.24, 2.45) is 0 Å². The summed E-state index contributed by atoms with van der Waals surface area (Å²) in [5, 5.41) is 2.25. The van der Waals surface area contributed by atoms with Gasteiger partial charge in [0.05, 0.1) is 6.04 Å². The van der Waals surface area contributed by atoms with Gasteiger partial charge in [-0.05, 0) is 18.6 Å². The monoisotopic (exact) mass is 333 g/mol. The van der Waals surface area contributed by atoms with Gasteiger partial charge in [0.25, 0.3) is 0 Å². The predicted molar refractivity (Wildman–Crippen MR) is 76.2 cm³/mol. The molecule has 1 unspecified atom stereocenters. The topological polar surface area (TPSA) is 85.1 Å². The fraction of sp³-hybridized carbons (Fsp3) is 0.250. The number of aromatic nitrogens is 1. The molecule has 1 atom stereocenters. The van der Waals surface area contributed by atoms with Crippen LogP contribution in [-0.2, 0) is 10.0 Å². The van der Waals surface area contributed by atoms with E-state index < -0.39 is 32.6 Å². The molecular weight excluding hydrogens is 320 g/mol. The van der Waals surface area contributed by atoms with E-state index in [2.05, 4.69) is 9.71 Å². The highest BCUT2D eigenvalue weighted by molar-refractivity contribution is 7.89. The molecule has 0 saturated heterocycles. The zero-order valence-electron chi connectivity index (χ0n) is 11.0. The minimum Gasteiger partial charge on any atom is -0.399 e. The molecule has 114 valence electrons. The number of benzene rings is 1.